The minimum atomic E-state index is -0.750. The zero-order valence-corrected chi connectivity index (χ0v) is 35.9. The number of hydrogen-bond donors (Lipinski definition) is 0. The normalized spacial score (nSPS) is 11.6. The Morgan fingerprint density at radius 3 is 0.803 bits per heavy atom. The van der Waals surface area contributed by atoms with Gasteiger partial charge in [-0.3, -0.25) is 0 Å². The first kappa shape index (κ1) is 44.2. The van der Waals surface area contributed by atoms with Gasteiger partial charge in [0, 0.05) is 157 Å². The molecule has 12 heteroatoms. The molecule has 6 heterocycles. The van der Waals surface area contributed by atoms with Crippen molar-refractivity contribution < 1.29 is 17.1 Å². The minimum Gasteiger partial charge on any atom is -0.628 e. The summed E-state index contributed by atoms with van der Waals surface area (Å²) in [5, 5.41) is 0. The van der Waals surface area contributed by atoms with E-state index in [1.165, 1.54) is 0 Å². The third-order valence-corrected chi connectivity index (χ3v) is 9.50. The average molecular weight is 900 g/mol. The molecule has 1 aliphatic heterocycles. The van der Waals surface area contributed by atoms with Crippen molar-refractivity contribution in [2.75, 3.05) is 0 Å². The summed E-state index contributed by atoms with van der Waals surface area (Å²) in [6, 6.07) is 58.4. The standard InChI is InChI=1S/C44H28N4.C4H6N2.CHCl3.Fe.NO/c1-5-13-29(14-6-1)41-33-21-23-35(45-33)42(30-15-7-2-8-16-30)37-25-27-39(47-37)44(32-19-11-4-12-20-32)40-28-26-38(48-40)43(31-17-9-3-10-18-31)36-24-22-34(41)46-36;1-6-3-2-5-4-6;2-1(3)4;;1-2/h1-28H;2-4H,1H3;1H;;. The van der Waals surface area contributed by atoms with Crippen LogP contribution in [0, 0.1) is 28.6 Å². The van der Waals surface area contributed by atoms with Crippen LogP contribution in [-0.4, -0.2) is 13.8 Å². The van der Waals surface area contributed by atoms with Crippen LogP contribution in [0.2, 0.25) is 0 Å². The number of alkyl halides is 3. The van der Waals surface area contributed by atoms with Crippen molar-refractivity contribution in [2.45, 2.75) is 4.30 Å². The van der Waals surface area contributed by atoms with Gasteiger partial charge in [-0.2, -0.15) is 0 Å². The van der Waals surface area contributed by atoms with Gasteiger partial charge in [0.1, 0.15) is 5.59 Å². The topological polar surface area (TPSA) is 114 Å². The van der Waals surface area contributed by atoms with Crippen molar-refractivity contribution in [1.82, 2.24) is 35.1 Å². The number of hydrogen-bond acceptors (Lipinski definition) is 2. The van der Waals surface area contributed by atoms with Crippen LogP contribution in [0.5, 0.6) is 0 Å². The molecule has 8 bridgehead atoms. The van der Waals surface area contributed by atoms with Crippen LogP contribution >= 0.6 is 34.8 Å². The van der Waals surface area contributed by atoms with Crippen molar-refractivity contribution in [3.8, 4) is 0 Å². The number of aromatic nitrogens is 6. The molecule has 301 valence electrons. The quantitative estimate of drug-likeness (QED) is 0.0988. The van der Waals surface area contributed by atoms with Gasteiger partial charge < -0.3 is 24.5 Å². The molecule has 0 fully saturated rings. The van der Waals surface area contributed by atoms with Gasteiger partial charge in [-0.15, -0.1) is 4.91 Å². The number of nitroso groups, excluding NO2 is 1. The van der Waals surface area contributed by atoms with Crippen LogP contribution < -0.4 is 25.5 Å². The number of fused-ring (bicyclic) bond motifs is 8. The van der Waals surface area contributed by atoms with E-state index in [0.29, 0.717) is 0 Å². The third kappa shape index (κ3) is 10.5. The molecule has 1 aliphatic rings. The minimum absolute atomic E-state index is 0. The molecule has 1 radical (unpaired) electrons. The summed E-state index contributed by atoms with van der Waals surface area (Å²) in [7, 11) is 1.94. The van der Waals surface area contributed by atoms with Crippen LogP contribution in [0.4, 0.5) is 0 Å². The van der Waals surface area contributed by atoms with Gasteiger partial charge >= 0.3 is 0 Å². The summed E-state index contributed by atoms with van der Waals surface area (Å²) in [6.07, 6.45) is 5.39. The van der Waals surface area contributed by atoms with E-state index in [1.54, 1.807) is 12.5 Å². The van der Waals surface area contributed by atoms with Crippen molar-refractivity contribution in [1.29, 1.82) is 0 Å². The van der Waals surface area contributed by atoms with Gasteiger partial charge in [-0.1, -0.05) is 34.8 Å². The van der Waals surface area contributed by atoms with Crippen LogP contribution in [0.15, 0.2) is 189 Å². The van der Waals surface area contributed by atoms with E-state index in [0.717, 1.165) is 91.5 Å². The molecule has 5 aromatic heterocycles. The van der Waals surface area contributed by atoms with Gasteiger partial charge in [0.2, 0.25) is 0 Å². The molecule has 0 saturated carbocycles. The molecule has 0 saturated heterocycles. The Hall–Kier alpha value is -6.32. The first-order valence-electron chi connectivity index (χ1n) is 18.7. The first-order valence-corrected chi connectivity index (χ1v) is 20.0. The van der Waals surface area contributed by atoms with Crippen molar-refractivity contribution >= 4 is 34.8 Å². The van der Waals surface area contributed by atoms with Crippen molar-refractivity contribution in [3.05, 3.63) is 285 Å². The van der Waals surface area contributed by atoms with Crippen LogP contribution in [0.3, 0.4) is 0 Å². The SMILES string of the molecule is ClC(Cl)Cl.Cn1ccnc1.[Fe].[N]=O.c1ccc([C+]2c3ccc([n-]3)[C+](c3ccccc3)c3ccc([n-]3)[C+](c3ccccc3)c3ccc([n-]3)[C+](c3ccccc3)c3ccc2[n-]3)cc1. The largest absolute Gasteiger partial charge is 0.628 e. The van der Waals surface area contributed by atoms with Crippen LogP contribution in [-0.2, 0) is 24.1 Å². The maximum absolute atomic E-state index is 7.25. The van der Waals surface area contributed by atoms with Gasteiger partial charge in [0.05, 0.1) is 28.6 Å². The molecule has 0 spiro atoms. The molecule has 10 rings (SSSR count). The molecule has 0 unspecified atom stereocenters. The van der Waals surface area contributed by atoms with Gasteiger partial charge in [-0.25, -0.2) is 4.98 Å². The zero-order valence-electron chi connectivity index (χ0n) is 32.5. The fraction of sp³-hybridized carbons (Fsp3) is 0.0408. The predicted molar refractivity (Wildman–Crippen MR) is 237 cm³/mol. The molecular weight excluding hydrogens is 865 g/mol. The van der Waals surface area contributed by atoms with Gasteiger partial charge in [0.15, 0.2) is 4.30 Å². The first-order chi connectivity index (χ1) is 29.4. The molecule has 0 aliphatic carbocycles. The molecule has 0 N–H and O–H groups in total. The van der Waals surface area contributed by atoms with Crippen molar-refractivity contribution in [2.24, 2.45) is 7.05 Å². The van der Waals surface area contributed by atoms with E-state index in [4.69, 9.17) is 65.2 Å². The molecule has 0 atom stereocenters. The summed E-state index contributed by atoms with van der Waals surface area (Å²) in [4.78, 5) is 32.3. The Bertz CT molecular complexity index is 2220. The summed E-state index contributed by atoms with van der Waals surface area (Å²) >= 11 is 14.4. The Kier molecular flexibility index (Phi) is 15.4. The van der Waals surface area contributed by atoms with Crippen LogP contribution in [0.25, 0.3) is 0 Å². The number of benzene rings is 4. The number of aryl methyl sites for hydroxylation is 1. The monoisotopic (exact) mass is 898 g/mol. The summed E-state index contributed by atoms with van der Waals surface area (Å²) in [5.41, 5.74) is 16.9. The molecule has 4 aromatic carbocycles. The molecule has 61 heavy (non-hydrogen) atoms. The number of nitrogens with zero attached hydrogens (tertiary/aromatic N) is 7. The van der Waals surface area contributed by atoms with Crippen molar-refractivity contribution in [3.63, 3.8) is 0 Å². The smallest absolute Gasteiger partial charge is 0.180 e. The average Bonchev–Trinajstić information content (AvgIpc) is 4.15. The molecular formula is C49H35Cl3FeN7O. The summed E-state index contributed by atoms with van der Waals surface area (Å²) in [6.45, 7) is 0. The Labute approximate surface area is 381 Å². The fourth-order valence-corrected chi connectivity index (χ4v) is 7.02. The van der Waals surface area contributed by atoms with Gasteiger partial charge in [-0.05, 0) is 118 Å². The van der Waals surface area contributed by atoms with E-state index in [-0.39, 0.29) is 17.1 Å². The second kappa shape index (κ2) is 21.3. The summed E-state index contributed by atoms with van der Waals surface area (Å²) < 4.78 is 1.14. The number of rotatable bonds is 4. The Morgan fingerprint density at radius 1 is 0.443 bits per heavy atom. The van der Waals surface area contributed by atoms with E-state index in [1.807, 2.05) is 42.1 Å². The van der Waals surface area contributed by atoms with E-state index >= 15 is 0 Å². The second-order valence-electron chi connectivity index (χ2n) is 13.3. The maximum atomic E-state index is 7.25. The number of imidazole rings is 1. The number of halogens is 3. The zero-order chi connectivity index (χ0) is 41.8. The third-order valence-electron chi connectivity index (χ3n) is 9.50. The van der Waals surface area contributed by atoms with Gasteiger partial charge in [0.25, 0.3) is 0 Å². The summed E-state index contributed by atoms with van der Waals surface area (Å²) in [5.74, 6) is 3.91. The second-order valence-corrected chi connectivity index (χ2v) is 15.3. The Balaban J connectivity index is 0.000000423. The molecule has 8 nitrogen and oxygen atoms in total. The fourth-order valence-electron chi connectivity index (χ4n) is 7.02. The molecule has 0 amide bonds. The van der Waals surface area contributed by atoms with E-state index in [9.17, 15) is 0 Å². The van der Waals surface area contributed by atoms with E-state index < -0.39 is 4.30 Å². The van der Waals surface area contributed by atoms with E-state index in [2.05, 4.69) is 151 Å². The predicted octanol–water partition coefficient (Wildman–Crippen LogP) is 9.86. The molecule has 9 aromatic rings. The van der Waals surface area contributed by atoms with Crippen LogP contribution in [0.1, 0.15) is 67.8 Å². The maximum Gasteiger partial charge on any atom is 0.180 e. The Morgan fingerprint density at radius 2 is 0.656 bits per heavy atom.